The highest BCUT2D eigenvalue weighted by atomic mass is 35.5. The number of aromatic nitrogens is 2. The van der Waals surface area contributed by atoms with Gasteiger partial charge in [0.15, 0.2) is 5.82 Å². The molecule has 1 aromatic rings. The van der Waals surface area contributed by atoms with Crippen LogP contribution in [-0.4, -0.2) is 46.4 Å². The predicted octanol–water partition coefficient (Wildman–Crippen LogP) is 2.69. The number of urea groups is 1. The van der Waals surface area contributed by atoms with Crippen molar-refractivity contribution in [2.24, 2.45) is 0 Å². The predicted molar refractivity (Wildman–Crippen MR) is 79.6 cm³/mol. The molecule has 25 heavy (non-hydrogen) atoms. The summed E-state index contributed by atoms with van der Waals surface area (Å²) in [5.74, 6) is -2.40. The molecule has 12 heteroatoms. The van der Waals surface area contributed by atoms with Gasteiger partial charge in [0.05, 0.1) is 12.2 Å². The molecule has 0 radical (unpaired) electrons. The zero-order chi connectivity index (χ0) is 18.4. The lowest BCUT2D eigenvalue weighted by Gasteiger charge is -2.43. The molecule has 0 aromatic carbocycles. The number of fused-ring (bicyclic) bond motifs is 1. The van der Waals surface area contributed by atoms with Crippen LogP contribution in [0.4, 0.5) is 29.5 Å². The molecule has 0 N–H and O–H groups in total. The number of rotatable bonds is 2. The van der Waals surface area contributed by atoms with Crippen LogP contribution in [0.15, 0.2) is 6.20 Å². The maximum atomic E-state index is 12.6. The van der Waals surface area contributed by atoms with Gasteiger partial charge in [-0.3, -0.25) is 4.90 Å². The highest BCUT2D eigenvalue weighted by molar-refractivity contribution is 6.28. The molecule has 1 aliphatic heterocycles. The molecule has 1 aliphatic carbocycles. The number of carbonyl (C=O) groups is 2. The van der Waals surface area contributed by atoms with Crippen molar-refractivity contribution in [3.05, 3.63) is 11.5 Å². The van der Waals surface area contributed by atoms with Crippen molar-refractivity contribution >= 4 is 35.1 Å². The van der Waals surface area contributed by atoms with Crippen molar-refractivity contribution in [3.63, 3.8) is 0 Å². The lowest BCUT2D eigenvalue weighted by atomic mass is 10.2. The van der Waals surface area contributed by atoms with E-state index in [9.17, 15) is 22.8 Å². The molecule has 2 amide bonds. The SMILES string of the molecule is CN1C(=O)N(OC(=O)C(F)(F)F)N(C2CCCC2)c2nc(Cl)ncc21. The van der Waals surface area contributed by atoms with Crippen LogP contribution in [0.2, 0.25) is 5.28 Å². The Morgan fingerprint density at radius 2 is 2.00 bits per heavy atom. The quantitative estimate of drug-likeness (QED) is 0.735. The first-order valence-electron chi connectivity index (χ1n) is 7.38. The topological polar surface area (TPSA) is 78.9 Å². The van der Waals surface area contributed by atoms with Gasteiger partial charge in [-0.25, -0.2) is 19.6 Å². The summed E-state index contributed by atoms with van der Waals surface area (Å²) in [6.45, 7) is 0. The summed E-state index contributed by atoms with van der Waals surface area (Å²) >= 11 is 5.80. The van der Waals surface area contributed by atoms with E-state index in [1.807, 2.05) is 0 Å². The minimum Gasteiger partial charge on any atom is -0.306 e. The summed E-state index contributed by atoms with van der Waals surface area (Å²) in [7, 11) is 1.30. The molecule has 0 bridgehead atoms. The van der Waals surface area contributed by atoms with E-state index in [4.69, 9.17) is 11.6 Å². The molecular weight excluding hydrogens is 367 g/mol. The summed E-state index contributed by atoms with van der Waals surface area (Å²) in [4.78, 5) is 36.9. The molecule has 0 spiro atoms. The summed E-state index contributed by atoms with van der Waals surface area (Å²) < 4.78 is 37.8. The van der Waals surface area contributed by atoms with Crippen molar-refractivity contribution in [2.75, 3.05) is 17.0 Å². The average molecular weight is 380 g/mol. The summed E-state index contributed by atoms with van der Waals surface area (Å²) in [6.07, 6.45) is -1.13. The third kappa shape index (κ3) is 3.15. The van der Waals surface area contributed by atoms with Gasteiger partial charge < -0.3 is 4.84 Å². The third-order valence-electron chi connectivity index (χ3n) is 4.02. The van der Waals surface area contributed by atoms with Gasteiger partial charge in [-0.05, 0) is 29.6 Å². The van der Waals surface area contributed by atoms with E-state index in [1.165, 1.54) is 13.2 Å². The van der Waals surface area contributed by atoms with E-state index in [0.29, 0.717) is 18.0 Å². The first-order valence-corrected chi connectivity index (χ1v) is 7.76. The third-order valence-corrected chi connectivity index (χ3v) is 4.20. The van der Waals surface area contributed by atoms with E-state index in [0.717, 1.165) is 22.8 Å². The Kier molecular flexibility index (Phi) is 4.35. The van der Waals surface area contributed by atoms with Crippen LogP contribution in [0.5, 0.6) is 0 Å². The van der Waals surface area contributed by atoms with Gasteiger partial charge in [0, 0.05) is 7.05 Å². The number of alkyl halides is 3. The Labute approximate surface area is 145 Å². The van der Waals surface area contributed by atoms with Gasteiger partial charge in [-0.2, -0.15) is 18.2 Å². The van der Waals surface area contributed by atoms with Crippen LogP contribution in [0, 0.1) is 0 Å². The summed E-state index contributed by atoms with van der Waals surface area (Å²) in [5, 5.41) is 1.31. The molecule has 136 valence electrons. The van der Waals surface area contributed by atoms with Crippen molar-refractivity contribution < 1.29 is 27.6 Å². The first-order chi connectivity index (χ1) is 11.7. The van der Waals surface area contributed by atoms with E-state index in [1.54, 1.807) is 0 Å². The fraction of sp³-hybridized carbons (Fsp3) is 0.538. The minimum absolute atomic E-state index is 0.101. The van der Waals surface area contributed by atoms with Gasteiger partial charge in [0.1, 0.15) is 5.69 Å². The van der Waals surface area contributed by atoms with Gasteiger partial charge in [-0.1, -0.05) is 12.8 Å². The lowest BCUT2D eigenvalue weighted by molar-refractivity contribution is -0.230. The fourth-order valence-electron chi connectivity index (χ4n) is 2.84. The molecule has 0 saturated heterocycles. The maximum absolute atomic E-state index is 12.6. The normalized spacial score (nSPS) is 18.6. The van der Waals surface area contributed by atoms with Crippen LogP contribution in [-0.2, 0) is 9.63 Å². The van der Waals surface area contributed by atoms with Crippen LogP contribution in [0.1, 0.15) is 25.7 Å². The smallest absolute Gasteiger partial charge is 0.306 e. The number of carbonyl (C=O) groups excluding carboxylic acids is 2. The first kappa shape index (κ1) is 17.5. The Hall–Kier alpha value is -2.30. The van der Waals surface area contributed by atoms with Gasteiger partial charge in [0.25, 0.3) is 0 Å². The number of hydrogen-bond acceptors (Lipinski definition) is 6. The molecule has 0 atom stereocenters. The van der Waals surface area contributed by atoms with Crippen LogP contribution < -0.4 is 9.91 Å². The Morgan fingerprint density at radius 3 is 2.60 bits per heavy atom. The molecule has 2 aliphatic rings. The minimum atomic E-state index is -5.25. The zero-order valence-corrected chi connectivity index (χ0v) is 13.7. The second-order valence-electron chi connectivity index (χ2n) is 5.62. The number of amides is 2. The summed E-state index contributed by atoms with van der Waals surface area (Å²) in [5.41, 5.74) is 0.251. The Bertz CT molecular complexity index is 711. The molecule has 2 heterocycles. The van der Waals surface area contributed by atoms with Crippen molar-refractivity contribution in [2.45, 2.75) is 37.9 Å². The number of hydrogen-bond donors (Lipinski definition) is 0. The van der Waals surface area contributed by atoms with Crippen molar-refractivity contribution in [1.29, 1.82) is 0 Å². The fourth-order valence-corrected chi connectivity index (χ4v) is 2.97. The molecule has 8 nitrogen and oxygen atoms in total. The molecule has 1 saturated carbocycles. The Morgan fingerprint density at radius 1 is 1.36 bits per heavy atom. The van der Waals surface area contributed by atoms with Gasteiger partial charge >= 0.3 is 18.2 Å². The standard InChI is InChI=1S/C13H13ClF3N5O3/c1-20-8-6-18-11(14)19-9(8)21(7-4-2-3-5-7)22(12(20)24)25-10(23)13(15,16)17/h6-7H,2-5H2,1H3. The largest absolute Gasteiger partial charge is 0.493 e. The van der Waals surface area contributed by atoms with E-state index in [2.05, 4.69) is 14.8 Å². The highest BCUT2D eigenvalue weighted by Crippen LogP contribution is 2.39. The molecule has 3 rings (SSSR count). The van der Waals surface area contributed by atoms with E-state index >= 15 is 0 Å². The molecule has 0 unspecified atom stereocenters. The number of anilines is 2. The number of nitrogens with zero attached hydrogens (tertiary/aromatic N) is 5. The number of halogens is 4. The molecule has 1 aromatic heterocycles. The highest BCUT2D eigenvalue weighted by Gasteiger charge is 2.48. The van der Waals surface area contributed by atoms with E-state index < -0.39 is 18.2 Å². The second-order valence-corrected chi connectivity index (χ2v) is 5.96. The van der Waals surface area contributed by atoms with Gasteiger partial charge in [-0.15, -0.1) is 0 Å². The van der Waals surface area contributed by atoms with Crippen LogP contribution in [0.25, 0.3) is 0 Å². The monoisotopic (exact) mass is 379 g/mol. The van der Waals surface area contributed by atoms with Crippen LogP contribution in [0.3, 0.4) is 0 Å². The summed E-state index contributed by atoms with van der Waals surface area (Å²) in [6, 6.07) is -1.33. The van der Waals surface area contributed by atoms with Gasteiger partial charge in [0.2, 0.25) is 5.28 Å². The number of hydroxylamine groups is 1. The van der Waals surface area contributed by atoms with E-state index in [-0.39, 0.29) is 22.8 Å². The average Bonchev–Trinajstić information content (AvgIpc) is 3.05. The zero-order valence-electron chi connectivity index (χ0n) is 13.0. The second kappa shape index (κ2) is 6.21. The molecular formula is C13H13ClF3N5O3. The lowest BCUT2D eigenvalue weighted by Crippen LogP contribution is -2.60. The van der Waals surface area contributed by atoms with Crippen LogP contribution >= 0.6 is 11.6 Å². The molecule has 1 fully saturated rings. The Balaban J connectivity index is 2.05. The van der Waals surface area contributed by atoms with Crippen molar-refractivity contribution in [3.8, 4) is 0 Å². The number of hydrazine groups is 1. The van der Waals surface area contributed by atoms with Crippen molar-refractivity contribution in [1.82, 2.24) is 15.1 Å². The maximum Gasteiger partial charge on any atom is 0.493 e.